The first kappa shape index (κ1) is 11.8. The maximum absolute atomic E-state index is 4.16. The van der Waals surface area contributed by atoms with Crippen LogP contribution in [0.1, 0.15) is 16.6 Å². The van der Waals surface area contributed by atoms with Gasteiger partial charge in [0.25, 0.3) is 0 Å². The summed E-state index contributed by atoms with van der Waals surface area (Å²) >= 11 is 3.51. The number of H-pyrrole nitrogens is 1. The molecule has 5 rings (SSSR count). The number of fused-ring (bicyclic) bond motifs is 4. The third kappa shape index (κ3) is 1.50. The summed E-state index contributed by atoms with van der Waals surface area (Å²) in [5.74, 6) is 0. The molecule has 0 saturated heterocycles. The van der Waals surface area contributed by atoms with Gasteiger partial charge in [0.2, 0.25) is 5.16 Å². The lowest BCUT2D eigenvalue weighted by Crippen LogP contribution is -2.28. The molecule has 0 radical (unpaired) electrons. The Hall–Kier alpha value is -1.86. The van der Waals surface area contributed by atoms with Gasteiger partial charge in [-0.2, -0.15) is 0 Å². The van der Waals surface area contributed by atoms with Crippen molar-refractivity contribution in [3.63, 3.8) is 0 Å². The lowest BCUT2D eigenvalue weighted by Gasteiger charge is -2.24. The summed E-state index contributed by atoms with van der Waals surface area (Å²) in [6.07, 6.45) is 1.78. The topological polar surface area (TPSA) is 49.7 Å². The van der Waals surface area contributed by atoms with Gasteiger partial charge in [0.05, 0.1) is 0 Å². The fraction of sp³-hybridized carbons (Fsp3) is 0.143. The average molecular weight is 313 g/mol. The number of benzene rings is 1. The van der Waals surface area contributed by atoms with E-state index in [9.17, 15) is 0 Å². The molecule has 3 aromatic rings. The van der Waals surface area contributed by atoms with E-state index in [1.165, 1.54) is 27.2 Å². The number of aromatic nitrogens is 4. The number of aryl methyl sites for hydroxylation is 1. The van der Waals surface area contributed by atoms with Crippen LogP contribution in [0.5, 0.6) is 0 Å². The van der Waals surface area contributed by atoms with Crippen molar-refractivity contribution in [3.8, 4) is 0 Å². The SMILES string of the molecule is Cc1[nH]c2ccccc2c1C1SC=C2Sc3nncn3N21. The van der Waals surface area contributed by atoms with Crippen LogP contribution >= 0.6 is 23.5 Å². The molecule has 5 nitrogen and oxygen atoms in total. The molecule has 0 fully saturated rings. The molecular formula is C14H11N5S2. The number of para-hydroxylation sites is 1. The fourth-order valence-electron chi connectivity index (χ4n) is 2.97. The Bertz CT molecular complexity index is 894. The number of hydrogen-bond donors (Lipinski definition) is 1. The van der Waals surface area contributed by atoms with Crippen LogP contribution in [0.3, 0.4) is 0 Å². The van der Waals surface area contributed by atoms with Gasteiger partial charge in [-0.3, -0.25) is 5.01 Å². The van der Waals surface area contributed by atoms with Gasteiger partial charge in [0, 0.05) is 27.6 Å². The molecule has 0 bridgehead atoms. The third-order valence-electron chi connectivity index (χ3n) is 3.86. The molecule has 2 aromatic heterocycles. The zero-order valence-corrected chi connectivity index (χ0v) is 12.8. The molecule has 0 saturated carbocycles. The Labute approximate surface area is 129 Å². The zero-order valence-electron chi connectivity index (χ0n) is 11.1. The predicted molar refractivity (Wildman–Crippen MR) is 85.5 cm³/mol. The van der Waals surface area contributed by atoms with Crippen LogP contribution in [0.25, 0.3) is 10.9 Å². The minimum Gasteiger partial charge on any atom is -0.358 e. The second kappa shape index (κ2) is 4.08. The predicted octanol–water partition coefficient (Wildman–Crippen LogP) is 3.36. The lowest BCUT2D eigenvalue weighted by atomic mass is 10.1. The van der Waals surface area contributed by atoms with Crippen LogP contribution in [0.2, 0.25) is 0 Å². The highest BCUT2D eigenvalue weighted by atomic mass is 32.2. The summed E-state index contributed by atoms with van der Waals surface area (Å²) in [5, 5.41) is 16.3. The Balaban J connectivity index is 1.70. The van der Waals surface area contributed by atoms with Gasteiger partial charge in [-0.05, 0) is 24.8 Å². The molecule has 21 heavy (non-hydrogen) atoms. The van der Waals surface area contributed by atoms with E-state index in [1.54, 1.807) is 18.1 Å². The van der Waals surface area contributed by atoms with Crippen molar-refractivity contribution in [2.24, 2.45) is 0 Å². The Morgan fingerprint density at radius 2 is 2.19 bits per heavy atom. The Morgan fingerprint density at radius 3 is 3.14 bits per heavy atom. The largest absolute Gasteiger partial charge is 0.358 e. The highest BCUT2D eigenvalue weighted by Crippen LogP contribution is 2.52. The first-order chi connectivity index (χ1) is 10.3. The van der Waals surface area contributed by atoms with Crippen LogP contribution < -0.4 is 5.01 Å². The molecular weight excluding hydrogens is 302 g/mol. The molecule has 104 valence electrons. The molecule has 7 heteroatoms. The van der Waals surface area contributed by atoms with Crippen molar-refractivity contribution in [2.75, 3.05) is 5.01 Å². The first-order valence-corrected chi connectivity index (χ1v) is 8.39. The van der Waals surface area contributed by atoms with Crippen LogP contribution in [-0.4, -0.2) is 19.9 Å². The van der Waals surface area contributed by atoms with Crippen molar-refractivity contribution in [3.05, 3.63) is 52.3 Å². The molecule has 1 atom stereocenters. The standard InChI is InChI=1S/C14H11N5S2/c1-8-12(9-4-2-3-5-10(9)16-8)13-19-11(6-20-13)21-14-17-15-7-18(14)19/h2-7,13,16H,1H3. The quantitative estimate of drug-likeness (QED) is 0.746. The normalized spacial score (nSPS) is 20.0. The molecule has 2 aliphatic rings. The number of hydrogen-bond acceptors (Lipinski definition) is 5. The fourth-order valence-corrected chi connectivity index (χ4v) is 5.31. The van der Waals surface area contributed by atoms with Gasteiger partial charge in [0.1, 0.15) is 16.7 Å². The van der Waals surface area contributed by atoms with Gasteiger partial charge in [-0.15, -0.1) is 10.2 Å². The first-order valence-electron chi connectivity index (χ1n) is 6.63. The summed E-state index contributed by atoms with van der Waals surface area (Å²) in [5.41, 5.74) is 3.74. The maximum Gasteiger partial charge on any atom is 0.216 e. The minimum atomic E-state index is 0.223. The summed E-state index contributed by atoms with van der Waals surface area (Å²) in [6, 6.07) is 8.47. The lowest BCUT2D eigenvalue weighted by molar-refractivity contribution is 0.634. The Morgan fingerprint density at radius 1 is 1.29 bits per heavy atom. The Kier molecular flexibility index (Phi) is 2.29. The zero-order chi connectivity index (χ0) is 14.0. The van der Waals surface area contributed by atoms with Crippen molar-refractivity contribution in [1.29, 1.82) is 0 Å². The molecule has 1 unspecified atom stereocenters. The van der Waals surface area contributed by atoms with E-state index in [0.717, 1.165) is 5.16 Å². The van der Waals surface area contributed by atoms with Crippen molar-refractivity contribution >= 4 is 34.4 Å². The van der Waals surface area contributed by atoms with E-state index in [0.29, 0.717) is 0 Å². The molecule has 1 N–H and O–H groups in total. The van der Waals surface area contributed by atoms with E-state index in [-0.39, 0.29) is 5.37 Å². The third-order valence-corrected chi connectivity index (χ3v) is 6.03. The van der Waals surface area contributed by atoms with Gasteiger partial charge in [-0.1, -0.05) is 30.0 Å². The summed E-state index contributed by atoms with van der Waals surface area (Å²) in [6.45, 7) is 2.14. The van der Waals surface area contributed by atoms with E-state index in [4.69, 9.17) is 0 Å². The highest BCUT2D eigenvalue weighted by molar-refractivity contribution is 8.07. The van der Waals surface area contributed by atoms with Crippen molar-refractivity contribution in [1.82, 2.24) is 19.9 Å². The average Bonchev–Trinajstić information content (AvgIpc) is 3.17. The number of nitrogens with one attached hydrogen (secondary N) is 1. The van der Waals surface area contributed by atoms with Crippen LogP contribution in [0.15, 0.2) is 46.2 Å². The van der Waals surface area contributed by atoms with Gasteiger partial charge in [-0.25, -0.2) is 4.68 Å². The molecule has 0 spiro atoms. The molecule has 1 aromatic carbocycles. The van der Waals surface area contributed by atoms with E-state index < -0.39 is 0 Å². The number of nitrogens with zero attached hydrogens (tertiary/aromatic N) is 4. The molecule has 4 heterocycles. The highest BCUT2D eigenvalue weighted by Gasteiger charge is 2.39. The van der Waals surface area contributed by atoms with Gasteiger partial charge >= 0.3 is 0 Å². The number of rotatable bonds is 1. The molecule has 2 aliphatic heterocycles. The monoisotopic (exact) mass is 313 g/mol. The van der Waals surface area contributed by atoms with Crippen LogP contribution in [0, 0.1) is 6.92 Å². The summed E-state index contributed by atoms with van der Waals surface area (Å²) < 4.78 is 2.04. The van der Waals surface area contributed by atoms with Crippen LogP contribution in [0.4, 0.5) is 0 Å². The minimum absolute atomic E-state index is 0.223. The van der Waals surface area contributed by atoms with Gasteiger partial charge in [0.15, 0.2) is 0 Å². The second-order valence-electron chi connectivity index (χ2n) is 5.06. The number of thioether (sulfide) groups is 2. The second-order valence-corrected chi connectivity index (χ2v) is 7.00. The smallest absolute Gasteiger partial charge is 0.216 e. The molecule has 0 amide bonds. The van der Waals surface area contributed by atoms with Crippen molar-refractivity contribution < 1.29 is 0 Å². The van der Waals surface area contributed by atoms with E-state index >= 15 is 0 Å². The van der Waals surface area contributed by atoms with E-state index in [1.807, 2.05) is 16.4 Å². The van der Waals surface area contributed by atoms with Crippen molar-refractivity contribution in [2.45, 2.75) is 17.5 Å². The van der Waals surface area contributed by atoms with E-state index in [2.05, 4.69) is 56.8 Å². The van der Waals surface area contributed by atoms with Gasteiger partial charge < -0.3 is 4.98 Å². The molecule has 0 aliphatic carbocycles. The maximum atomic E-state index is 4.16. The number of aromatic amines is 1. The summed E-state index contributed by atoms with van der Waals surface area (Å²) in [4.78, 5) is 3.49. The summed E-state index contributed by atoms with van der Waals surface area (Å²) in [7, 11) is 0. The van der Waals surface area contributed by atoms with Crippen LogP contribution in [-0.2, 0) is 0 Å².